The van der Waals surface area contributed by atoms with Crippen molar-refractivity contribution in [2.75, 3.05) is 13.2 Å². The second-order valence-electron chi connectivity index (χ2n) is 4.75. The summed E-state index contributed by atoms with van der Waals surface area (Å²) in [5.74, 6) is -1.41. The minimum absolute atomic E-state index is 0.0145. The highest BCUT2D eigenvalue weighted by atomic mass is 19.1. The second kappa shape index (κ2) is 5.47. The number of benzene rings is 1. The van der Waals surface area contributed by atoms with Crippen LogP contribution in [0.15, 0.2) is 30.9 Å². The highest BCUT2D eigenvalue weighted by molar-refractivity contribution is 5.26. The summed E-state index contributed by atoms with van der Waals surface area (Å²) >= 11 is 0. The maximum Gasteiger partial charge on any atom is 0.182 e. The summed E-state index contributed by atoms with van der Waals surface area (Å²) in [6.07, 6.45) is 1.94. The van der Waals surface area contributed by atoms with E-state index in [1.807, 2.05) is 0 Å². The SMILES string of the molecule is OC[C@H]1OC[C@](Cn2cncn2)(c2ccc(F)cc2F)O1. The molecular weight excluding hydrogens is 284 g/mol. The van der Waals surface area contributed by atoms with E-state index in [1.54, 1.807) is 0 Å². The van der Waals surface area contributed by atoms with Crippen LogP contribution in [0.25, 0.3) is 0 Å². The number of rotatable bonds is 4. The Balaban J connectivity index is 1.99. The molecule has 0 saturated carbocycles. The first-order valence-corrected chi connectivity index (χ1v) is 6.31. The van der Waals surface area contributed by atoms with Crippen LogP contribution in [0.2, 0.25) is 0 Å². The fourth-order valence-electron chi connectivity index (χ4n) is 2.38. The normalized spacial score (nSPS) is 25.4. The molecule has 0 unspecified atom stereocenters. The number of nitrogens with zero attached hydrogens (tertiary/aromatic N) is 3. The molecule has 1 aliphatic rings. The van der Waals surface area contributed by atoms with Crippen LogP contribution >= 0.6 is 0 Å². The molecule has 3 rings (SSSR count). The number of aromatic nitrogens is 3. The van der Waals surface area contributed by atoms with Gasteiger partial charge in [-0.25, -0.2) is 18.4 Å². The molecule has 0 radical (unpaired) electrons. The van der Waals surface area contributed by atoms with Crippen molar-refractivity contribution >= 4 is 0 Å². The molecule has 2 atom stereocenters. The first kappa shape index (κ1) is 14.1. The van der Waals surface area contributed by atoms with E-state index in [-0.39, 0.29) is 25.3 Å². The Hall–Kier alpha value is -1.90. The van der Waals surface area contributed by atoms with Crippen molar-refractivity contribution in [3.8, 4) is 0 Å². The van der Waals surface area contributed by atoms with Gasteiger partial charge in [0.05, 0.1) is 19.8 Å². The van der Waals surface area contributed by atoms with Gasteiger partial charge in [0.15, 0.2) is 6.29 Å². The third-order valence-electron chi connectivity index (χ3n) is 3.31. The van der Waals surface area contributed by atoms with Crippen molar-refractivity contribution in [1.29, 1.82) is 0 Å². The standard InChI is InChI=1S/C13H13F2N3O3/c14-9-1-2-10(11(15)3-9)13(5-18-8-16-7-17-18)6-20-12(4-19)21-13/h1-3,7-8,12,19H,4-6H2/t12-,13+/m0/s1. The predicted molar refractivity (Wildman–Crippen MR) is 66.0 cm³/mol. The lowest BCUT2D eigenvalue weighted by molar-refractivity contribution is -0.121. The Kier molecular flexibility index (Phi) is 3.66. The highest BCUT2D eigenvalue weighted by Crippen LogP contribution is 2.36. The summed E-state index contributed by atoms with van der Waals surface area (Å²) in [7, 11) is 0. The molecule has 1 aromatic heterocycles. The van der Waals surface area contributed by atoms with Crippen LogP contribution in [-0.4, -0.2) is 39.4 Å². The Morgan fingerprint density at radius 1 is 1.43 bits per heavy atom. The van der Waals surface area contributed by atoms with Crippen molar-refractivity contribution in [1.82, 2.24) is 14.8 Å². The van der Waals surface area contributed by atoms with Crippen molar-refractivity contribution < 1.29 is 23.4 Å². The molecular formula is C13H13F2N3O3. The lowest BCUT2D eigenvalue weighted by Crippen LogP contribution is -2.36. The summed E-state index contributed by atoms with van der Waals surface area (Å²) in [6, 6.07) is 3.25. The Morgan fingerprint density at radius 3 is 2.90 bits per heavy atom. The molecule has 0 spiro atoms. The average molecular weight is 297 g/mol. The van der Waals surface area contributed by atoms with Gasteiger partial charge in [-0.15, -0.1) is 0 Å². The number of aliphatic hydroxyl groups is 1. The van der Waals surface area contributed by atoms with E-state index in [0.29, 0.717) is 0 Å². The Bertz CT molecular complexity index is 623. The number of halogens is 2. The van der Waals surface area contributed by atoms with Crippen LogP contribution in [0.4, 0.5) is 8.78 Å². The fraction of sp³-hybridized carbons (Fsp3) is 0.385. The molecule has 1 fully saturated rings. The largest absolute Gasteiger partial charge is 0.391 e. The fourth-order valence-corrected chi connectivity index (χ4v) is 2.38. The topological polar surface area (TPSA) is 69.4 Å². The van der Waals surface area contributed by atoms with E-state index >= 15 is 0 Å². The van der Waals surface area contributed by atoms with Gasteiger partial charge < -0.3 is 14.6 Å². The van der Waals surface area contributed by atoms with Crippen LogP contribution < -0.4 is 0 Å². The molecule has 1 aromatic carbocycles. The van der Waals surface area contributed by atoms with Crippen molar-refractivity contribution in [2.45, 2.75) is 18.4 Å². The van der Waals surface area contributed by atoms with Gasteiger partial charge in [-0.1, -0.05) is 6.07 Å². The Morgan fingerprint density at radius 2 is 2.29 bits per heavy atom. The van der Waals surface area contributed by atoms with E-state index in [9.17, 15) is 8.78 Å². The van der Waals surface area contributed by atoms with Gasteiger partial charge >= 0.3 is 0 Å². The van der Waals surface area contributed by atoms with Crippen LogP contribution in [0.3, 0.4) is 0 Å². The summed E-state index contributed by atoms with van der Waals surface area (Å²) < 4.78 is 39.7. The molecule has 112 valence electrons. The lowest BCUT2D eigenvalue weighted by Gasteiger charge is -2.28. The van der Waals surface area contributed by atoms with Crippen LogP contribution in [-0.2, 0) is 21.6 Å². The molecule has 8 heteroatoms. The zero-order valence-electron chi connectivity index (χ0n) is 10.9. The first-order valence-electron chi connectivity index (χ1n) is 6.31. The molecule has 1 saturated heterocycles. The van der Waals surface area contributed by atoms with Crippen LogP contribution in [0, 0.1) is 11.6 Å². The van der Waals surface area contributed by atoms with Crippen molar-refractivity contribution in [3.63, 3.8) is 0 Å². The number of hydrogen-bond donors (Lipinski definition) is 1. The number of ether oxygens (including phenoxy) is 2. The van der Waals surface area contributed by atoms with Crippen LogP contribution in [0.1, 0.15) is 5.56 Å². The van der Waals surface area contributed by atoms with Crippen molar-refractivity contribution in [2.24, 2.45) is 0 Å². The molecule has 6 nitrogen and oxygen atoms in total. The monoisotopic (exact) mass is 297 g/mol. The van der Waals surface area contributed by atoms with E-state index in [2.05, 4.69) is 10.1 Å². The van der Waals surface area contributed by atoms with E-state index in [0.717, 1.165) is 12.1 Å². The van der Waals surface area contributed by atoms with E-state index in [1.165, 1.54) is 23.4 Å². The zero-order valence-corrected chi connectivity index (χ0v) is 10.9. The first-order chi connectivity index (χ1) is 10.1. The number of hydrogen-bond acceptors (Lipinski definition) is 5. The maximum absolute atomic E-state index is 14.1. The maximum atomic E-state index is 14.1. The molecule has 0 amide bonds. The third-order valence-corrected chi connectivity index (χ3v) is 3.31. The minimum Gasteiger partial charge on any atom is -0.391 e. The molecule has 2 heterocycles. The van der Waals surface area contributed by atoms with Crippen LogP contribution in [0.5, 0.6) is 0 Å². The molecule has 1 N–H and O–H groups in total. The molecule has 2 aromatic rings. The molecule has 0 aliphatic carbocycles. The minimum atomic E-state index is -1.20. The molecule has 1 aliphatic heterocycles. The van der Waals surface area contributed by atoms with Crippen molar-refractivity contribution in [3.05, 3.63) is 48.1 Å². The van der Waals surface area contributed by atoms with Gasteiger partial charge in [-0.3, -0.25) is 0 Å². The smallest absolute Gasteiger partial charge is 0.182 e. The molecule has 21 heavy (non-hydrogen) atoms. The number of aliphatic hydroxyl groups excluding tert-OH is 1. The van der Waals surface area contributed by atoms with E-state index < -0.39 is 23.5 Å². The van der Waals surface area contributed by atoms with Gasteiger partial charge in [0.25, 0.3) is 0 Å². The van der Waals surface area contributed by atoms with Gasteiger partial charge in [-0.05, 0) is 6.07 Å². The third kappa shape index (κ3) is 2.65. The van der Waals surface area contributed by atoms with E-state index in [4.69, 9.17) is 14.6 Å². The quantitative estimate of drug-likeness (QED) is 0.904. The summed E-state index contributed by atoms with van der Waals surface area (Å²) in [4.78, 5) is 3.82. The summed E-state index contributed by atoms with van der Waals surface area (Å²) in [5, 5.41) is 13.1. The lowest BCUT2D eigenvalue weighted by atomic mass is 9.94. The summed E-state index contributed by atoms with van der Waals surface area (Å²) in [6.45, 7) is -0.214. The summed E-state index contributed by atoms with van der Waals surface area (Å²) in [5.41, 5.74) is -1.05. The average Bonchev–Trinajstić information content (AvgIpc) is 3.09. The predicted octanol–water partition coefficient (Wildman–Crippen LogP) is 0.817. The zero-order chi connectivity index (χ0) is 14.9. The highest BCUT2D eigenvalue weighted by Gasteiger charge is 2.45. The van der Waals surface area contributed by atoms with Gasteiger partial charge in [0.2, 0.25) is 0 Å². The molecule has 0 bridgehead atoms. The van der Waals surface area contributed by atoms with Gasteiger partial charge in [0.1, 0.15) is 29.9 Å². The van der Waals surface area contributed by atoms with Gasteiger partial charge in [0, 0.05) is 11.6 Å². The second-order valence-corrected chi connectivity index (χ2v) is 4.75. The van der Waals surface area contributed by atoms with Gasteiger partial charge in [-0.2, -0.15) is 5.10 Å². The Labute approximate surface area is 118 Å².